The Balaban J connectivity index is 2.40. The van der Waals surface area contributed by atoms with Crippen molar-refractivity contribution in [3.8, 4) is 0 Å². The van der Waals surface area contributed by atoms with Crippen molar-refractivity contribution >= 4 is 44.6 Å². The van der Waals surface area contributed by atoms with Gasteiger partial charge in [-0.2, -0.15) is 0 Å². The van der Waals surface area contributed by atoms with Gasteiger partial charge in [0, 0.05) is 5.69 Å². The molecule has 2 aromatic rings. The average molecular weight is 335 g/mol. The van der Waals surface area contributed by atoms with E-state index in [0.29, 0.717) is 0 Å². The number of hydrogen-bond donors (Lipinski definition) is 2. The predicted octanol–water partition coefficient (Wildman–Crippen LogP) is 3.52. The second-order valence-electron chi connectivity index (χ2n) is 3.92. The molecule has 106 valence electrons. The van der Waals surface area contributed by atoms with E-state index in [2.05, 4.69) is 4.72 Å². The van der Waals surface area contributed by atoms with Gasteiger partial charge in [0.15, 0.2) is 0 Å². The Bertz CT molecular complexity index is 766. The maximum absolute atomic E-state index is 13.6. The number of sulfonamides is 1. The summed E-state index contributed by atoms with van der Waals surface area (Å²) in [4.78, 5) is -0.538. The van der Waals surface area contributed by atoms with Crippen LogP contribution in [-0.2, 0) is 10.0 Å². The minimum atomic E-state index is -4.10. The molecule has 0 amide bonds. The van der Waals surface area contributed by atoms with E-state index in [1.807, 2.05) is 0 Å². The van der Waals surface area contributed by atoms with Crippen LogP contribution in [0.15, 0.2) is 41.3 Å². The van der Waals surface area contributed by atoms with E-state index in [0.717, 1.165) is 12.1 Å². The maximum Gasteiger partial charge on any atom is 0.264 e. The molecule has 0 fully saturated rings. The lowest BCUT2D eigenvalue weighted by atomic mass is 10.3. The summed E-state index contributed by atoms with van der Waals surface area (Å²) in [5.74, 6) is -0.897. The lowest BCUT2D eigenvalue weighted by Gasteiger charge is -2.10. The van der Waals surface area contributed by atoms with Crippen molar-refractivity contribution in [1.29, 1.82) is 0 Å². The fourth-order valence-electron chi connectivity index (χ4n) is 1.50. The summed E-state index contributed by atoms with van der Waals surface area (Å²) < 4.78 is 40.0. The molecule has 0 aliphatic heterocycles. The van der Waals surface area contributed by atoms with Crippen LogP contribution >= 0.6 is 23.2 Å². The molecule has 0 aliphatic rings. The summed E-state index contributed by atoms with van der Waals surface area (Å²) in [5.41, 5.74) is 5.77. The van der Waals surface area contributed by atoms with Crippen molar-refractivity contribution in [3.05, 3.63) is 52.3 Å². The van der Waals surface area contributed by atoms with Crippen LogP contribution in [0.25, 0.3) is 0 Å². The van der Waals surface area contributed by atoms with E-state index in [-0.39, 0.29) is 21.4 Å². The number of rotatable bonds is 3. The highest BCUT2D eigenvalue weighted by atomic mass is 35.5. The van der Waals surface area contributed by atoms with Crippen LogP contribution in [0.4, 0.5) is 15.8 Å². The van der Waals surface area contributed by atoms with Crippen LogP contribution in [0.2, 0.25) is 10.0 Å². The van der Waals surface area contributed by atoms with Gasteiger partial charge in [-0.05, 0) is 36.4 Å². The first-order chi connectivity index (χ1) is 9.29. The fraction of sp³-hybridized carbons (Fsp3) is 0. The van der Waals surface area contributed by atoms with Crippen molar-refractivity contribution < 1.29 is 12.8 Å². The summed E-state index contributed by atoms with van der Waals surface area (Å²) in [6, 6.07) is 7.46. The maximum atomic E-state index is 13.6. The van der Waals surface area contributed by atoms with E-state index < -0.39 is 20.7 Å². The second kappa shape index (κ2) is 5.47. The van der Waals surface area contributed by atoms with E-state index >= 15 is 0 Å². The minimum Gasteiger partial charge on any atom is -0.399 e. The Morgan fingerprint density at radius 1 is 1.05 bits per heavy atom. The first-order valence-corrected chi connectivity index (χ1v) is 7.56. The topological polar surface area (TPSA) is 72.2 Å². The number of nitrogens with two attached hydrogens (primary N) is 1. The quantitative estimate of drug-likeness (QED) is 0.843. The van der Waals surface area contributed by atoms with Gasteiger partial charge in [0.1, 0.15) is 10.7 Å². The standard InChI is InChI=1S/C12H9Cl2FN2O2S/c13-9-3-2-8(6-10(9)14)17-20(18,19)12-5-7(16)1-4-11(12)15/h1-6,17H,16H2. The van der Waals surface area contributed by atoms with Crippen LogP contribution in [0, 0.1) is 5.82 Å². The summed E-state index contributed by atoms with van der Waals surface area (Å²) in [5, 5.41) is 0.463. The molecule has 0 unspecified atom stereocenters. The SMILES string of the molecule is Nc1ccc(F)c(S(=O)(=O)Nc2ccc(Cl)c(Cl)c2)c1. The molecule has 0 aliphatic carbocycles. The third kappa shape index (κ3) is 3.15. The molecule has 0 atom stereocenters. The van der Waals surface area contributed by atoms with Gasteiger partial charge < -0.3 is 5.73 Å². The molecule has 20 heavy (non-hydrogen) atoms. The van der Waals surface area contributed by atoms with E-state index in [1.54, 1.807) is 0 Å². The molecule has 0 heterocycles. The Morgan fingerprint density at radius 3 is 2.40 bits per heavy atom. The van der Waals surface area contributed by atoms with Crippen LogP contribution in [-0.4, -0.2) is 8.42 Å². The molecule has 2 aromatic carbocycles. The van der Waals surface area contributed by atoms with Gasteiger partial charge in [0.25, 0.3) is 10.0 Å². The first-order valence-electron chi connectivity index (χ1n) is 5.32. The van der Waals surface area contributed by atoms with Gasteiger partial charge in [-0.25, -0.2) is 12.8 Å². The van der Waals surface area contributed by atoms with Gasteiger partial charge in [-0.1, -0.05) is 23.2 Å². The third-order valence-corrected chi connectivity index (χ3v) is 4.55. The summed E-state index contributed by atoms with van der Waals surface area (Å²) in [7, 11) is -4.10. The number of anilines is 2. The highest BCUT2D eigenvalue weighted by Gasteiger charge is 2.19. The molecule has 0 radical (unpaired) electrons. The van der Waals surface area contributed by atoms with Gasteiger partial charge >= 0.3 is 0 Å². The minimum absolute atomic E-state index is 0.140. The summed E-state index contributed by atoms with van der Waals surface area (Å²) in [6.45, 7) is 0. The van der Waals surface area contributed by atoms with Crippen molar-refractivity contribution in [2.75, 3.05) is 10.5 Å². The molecule has 4 nitrogen and oxygen atoms in total. The van der Waals surface area contributed by atoms with Gasteiger partial charge in [0.05, 0.1) is 15.7 Å². The largest absolute Gasteiger partial charge is 0.399 e. The molecule has 0 aromatic heterocycles. The van der Waals surface area contributed by atoms with E-state index in [4.69, 9.17) is 28.9 Å². The van der Waals surface area contributed by atoms with Crippen LogP contribution in [0.1, 0.15) is 0 Å². The van der Waals surface area contributed by atoms with Crippen molar-refractivity contribution in [3.63, 3.8) is 0 Å². The molecule has 2 rings (SSSR count). The first kappa shape index (κ1) is 14.9. The number of nitrogen functional groups attached to an aromatic ring is 1. The summed E-state index contributed by atoms with van der Waals surface area (Å²) >= 11 is 11.5. The number of benzene rings is 2. The molecule has 3 N–H and O–H groups in total. The van der Waals surface area contributed by atoms with Crippen molar-refractivity contribution in [1.82, 2.24) is 0 Å². The molecule has 0 bridgehead atoms. The molecule has 0 saturated heterocycles. The van der Waals surface area contributed by atoms with Crippen LogP contribution < -0.4 is 10.5 Å². The second-order valence-corrected chi connectivity index (χ2v) is 6.39. The zero-order valence-electron chi connectivity index (χ0n) is 9.90. The highest BCUT2D eigenvalue weighted by molar-refractivity contribution is 7.92. The Labute approximate surface area is 125 Å². The monoisotopic (exact) mass is 334 g/mol. The van der Waals surface area contributed by atoms with Crippen LogP contribution in [0.5, 0.6) is 0 Å². The molecular formula is C12H9Cl2FN2O2S. The zero-order valence-corrected chi connectivity index (χ0v) is 12.2. The lowest BCUT2D eigenvalue weighted by molar-refractivity contribution is 0.570. The summed E-state index contributed by atoms with van der Waals surface area (Å²) in [6.07, 6.45) is 0. The third-order valence-electron chi connectivity index (χ3n) is 2.42. The predicted molar refractivity (Wildman–Crippen MR) is 78.1 cm³/mol. The van der Waals surface area contributed by atoms with Gasteiger partial charge in [-0.15, -0.1) is 0 Å². The molecule has 8 heteroatoms. The van der Waals surface area contributed by atoms with Crippen molar-refractivity contribution in [2.45, 2.75) is 4.90 Å². The Kier molecular flexibility index (Phi) is 4.08. The average Bonchev–Trinajstić information content (AvgIpc) is 2.36. The number of hydrogen-bond acceptors (Lipinski definition) is 3. The van der Waals surface area contributed by atoms with Gasteiger partial charge in [0.2, 0.25) is 0 Å². The smallest absolute Gasteiger partial charge is 0.264 e. The van der Waals surface area contributed by atoms with Crippen molar-refractivity contribution in [2.24, 2.45) is 0 Å². The zero-order chi connectivity index (χ0) is 14.9. The lowest BCUT2D eigenvalue weighted by Crippen LogP contribution is -2.15. The van der Waals surface area contributed by atoms with Gasteiger partial charge in [-0.3, -0.25) is 4.72 Å². The highest BCUT2D eigenvalue weighted by Crippen LogP contribution is 2.27. The normalized spacial score (nSPS) is 11.3. The Morgan fingerprint density at radius 2 is 1.75 bits per heavy atom. The van der Waals surface area contributed by atoms with E-state index in [9.17, 15) is 12.8 Å². The van der Waals surface area contributed by atoms with Crippen LogP contribution in [0.3, 0.4) is 0 Å². The molecular weight excluding hydrogens is 326 g/mol. The molecule has 0 spiro atoms. The number of nitrogens with one attached hydrogen (secondary N) is 1. The van der Waals surface area contributed by atoms with E-state index in [1.165, 1.54) is 24.3 Å². The fourth-order valence-corrected chi connectivity index (χ4v) is 2.96. The Hall–Kier alpha value is -1.50. The molecule has 0 saturated carbocycles. The number of halogens is 3.